The standard InChI is InChI=1S/C23H21NO2S/c1-15-3-7-20(8-4-15)24-23(25)18-11-12-26-21-9-6-17(13-19(21)14-18)22-10-5-16(2)27-22/h3-10,13-14H,11-12H2,1-2H3,(H,24,25). The van der Waals surface area contributed by atoms with Gasteiger partial charge in [0.15, 0.2) is 0 Å². The molecular weight excluding hydrogens is 354 g/mol. The Morgan fingerprint density at radius 1 is 1.04 bits per heavy atom. The van der Waals surface area contributed by atoms with Gasteiger partial charge in [0.1, 0.15) is 5.75 Å². The minimum absolute atomic E-state index is 0.0762. The van der Waals surface area contributed by atoms with Gasteiger partial charge in [0.2, 0.25) is 0 Å². The lowest BCUT2D eigenvalue weighted by molar-refractivity contribution is -0.113. The summed E-state index contributed by atoms with van der Waals surface area (Å²) < 4.78 is 5.86. The number of nitrogens with one attached hydrogen (secondary N) is 1. The first-order valence-corrected chi connectivity index (χ1v) is 9.82. The third kappa shape index (κ3) is 3.96. The summed E-state index contributed by atoms with van der Waals surface area (Å²) in [5, 5.41) is 2.99. The number of hydrogen-bond acceptors (Lipinski definition) is 3. The van der Waals surface area contributed by atoms with Gasteiger partial charge in [-0.25, -0.2) is 0 Å². The maximum atomic E-state index is 12.7. The van der Waals surface area contributed by atoms with Crippen molar-refractivity contribution in [1.29, 1.82) is 0 Å². The molecule has 1 amide bonds. The molecule has 0 saturated heterocycles. The number of rotatable bonds is 3. The summed E-state index contributed by atoms with van der Waals surface area (Å²) in [6.07, 6.45) is 2.54. The van der Waals surface area contributed by atoms with E-state index in [1.807, 2.05) is 43.3 Å². The second-order valence-electron chi connectivity index (χ2n) is 6.75. The van der Waals surface area contributed by atoms with Gasteiger partial charge in [-0.05, 0) is 68.0 Å². The van der Waals surface area contributed by atoms with E-state index >= 15 is 0 Å². The smallest absolute Gasteiger partial charge is 0.251 e. The number of thiophene rings is 1. The molecule has 3 nitrogen and oxygen atoms in total. The lowest BCUT2D eigenvalue weighted by atomic mass is 10.0. The molecule has 1 aromatic heterocycles. The molecule has 0 fully saturated rings. The molecule has 1 N–H and O–H groups in total. The van der Waals surface area contributed by atoms with Gasteiger partial charge in [-0.15, -0.1) is 11.3 Å². The highest BCUT2D eigenvalue weighted by Gasteiger charge is 2.16. The summed E-state index contributed by atoms with van der Waals surface area (Å²) in [6, 6.07) is 18.3. The maximum absolute atomic E-state index is 12.7. The lowest BCUT2D eigenvalue weighted by Gasteiger charge is -2.07. The molecule has 2 heterocycles. The summed E-state index contributed by atoms with van der Waals surface area (Å²) >= 11 is 1.77. The number of ether oxygens (including phenoxy) is 1. The highest BCUT2D eigenvalue weighted by molar-refractivity contribution is 7.15. The highest BCUT2D eigenvalue weighted by atomic mass is 32.1. The van der Waals surface area contributed by atoms with Crippen molar-refractivity contribution in [2.24, 2.45) is 0 Å². The summed E-state index contributed by atoms with van der Waals surface area (Å²) in [7, 11) is 0. The summed E-state index contributed by atoms with van der Waals surface area (Å²) in [6.45, 7) is 4.63. The molecule has 0 radical (unpaired) electrons. The third-order valence-corrected chi connectivity index (χ3v) is 5.64. The zero-order valence-electron chi connectivity index (χ0n) is 15.4. The fourth-order valence-electron chi connectivity index (χ4n) is 3.09. The van der Waals surface area contributed by atoms with Crippen LogP contribution in [0, 0.1) is 13.8 Å². The Kier molecular flexibility index (Phi) is 4.82. The van der Waals surface area contributed by atoms with E-state index in [0.29, 0.717) is 13.0 Å². The van der Waals surface area contributed by atoms with Crippen molar-refractivity contribution in [3.05, 3.63) is 76.2 Å². The molecule has 0 unspecified atom stereocenters. The molecule has 0 aliphatic carbocycles. The third-order valence-electron chi connectivity index (χ3n) is 4.59. The van der Waals surface area contributed by atoms with Crippen LogP contribution in [0.4, 0.5) is 5.69 Å². The van der Waals surface area contributed by atoms with Crippen LogP contribution in [0.5, 0.6) is 5.75 Å². The van der Waals surface area contributed by atoms with Crippen molar-refractivity contribution in [2.45, 2.75) is 20.3 Å². The van der Waals surface area contributed by atoms with Gasteiger partial charge in [-0.2, -0.15) is 0 Å². The molecule has 27 heavy (non-hydrogen) atoms. The number of carbonyl (C=O) groups is 1. The Bertz CT molecular complexity index is 1020. The zero-order valence-corrected chi connectivity index (χ0v) is 16.2. The first-order valence-electron chi connectivity index (χ1n) is 9.01. The van der Waals surface area contributed by atoms with Crippen LogP contribution in [0.3, 0.4) is 0 Å². The molecule has 4 rings (SSSR count). The second kappa shape index (κ2) is 7.41. The van der Waals surface area contributed by atoms with Gasteiger partial charge in [-0.1, -0.05) is 17.7 Å². The van der Waals surface area contributed by atoms with Crippen LogP contribution in [-0.4, -0.2) is 12.5 Å². The first-order chi connectivity index (χ1) is 13.1. The number of hydrogen-bond donors (Lipinski definition) is 1. The molecule has 0 bridgehead atoms. The predicted octanol–water partition coefficient (Wildman–Crippen LogP) is 5.84. The minimum Gasteiger partial charge on any atom is -0.493 e. The van der Waals surface area contributed by atoms with E-state index in [2.05, 4.69) is 36.5 Å². The van der Waals surface area contributed by atoms with Gasteiger partial charge < -0.3 is 10.1 Å². The number of anilines is 1. The van der Waals surface area contributed by atoms with Crippen LogP contribution in [0.15, 0.2) is 60.2 Å². The average Bonchev–Trinajstić information content (AvgIpc) is 2.98. The van der Waals surface area contributed by atoms with Crippen molar-refractivity contribution in [2.75, 3.05) is 11.9 Å². The van der Waals surface area contributed by atoms with Gasteiger partial charge in [0.05, 0.1) is 6.61 Å². The van der Waals surface area contributed by atoms with E-state index in [0.717, 1.165) is 28.1 Å². The van der Waals surface area contributed by atoms with E-state index < -0.39 is 0 Å². The SMILES string of the molecule is Cc1ccc(NC(=O)C2=Cc3cc(-c4ccc(C)s4)ccc3OCC2)cc1. The van der Waals surface area contributed by atoms with E-state index in [1.54, 1.807) is 11.3 Å². The Hall–Kier alpha value is -2.85. The first kappa shape index (κ1) is 17.6. The van der Waals surface area contributed by atoms with Crippen LogP contribution >= 0.6 is 11.3 Å². The zero-order chi connectivity index (χ0) is 18.8. The van der Waals surface area contributed by atoms with Crippen LogP contribution < -0.4 is 10.1 Å². The van der Waals surface area contributed by atoms with Gasteiger partial charge in [-0.3, -0.25) is 4.79 Å². The van der Waals surface area contributed by atoms with E-state index in [1.165, 1.54) is 15.3 Å². The van der Waals surface area contributed by atoms with Crippen LogP contribution in [-0.2, 0) is 4.79 Å². The van der Waals surface area contributed by atoms with Gasteiger partial charge >= 0.3 is 0 Å². The fourth-order valence-corrected chi connectivity index (χ4v) is 3.96. The van der Waals surface area contributed by atoms with Crippen molar-refractivity contribution in [3.63, 3.8) is 0 Å². The lowest BCUT2D eigenvalue weighted by Crippen LogP contribution is -2.15. The molecule has 3 aromatic rings. The fraction of sp³-hybridized carbons (Fsp3) is 0.174. The topological polar surface area (TPSA) is 38.3 Å². The highest BCUT2D eigenvalue weighted by Crippen LogP contribution is 2.34. The van der Waals surface area contributed by atoms with Crippen molar-refractivity contribution in [3.8, 4) is 16.2 Å². The Morgan fingerprint density at radius 2 is 1.85 bits per heavy atom. The maximum Gasteiger partial charge on any atom is 0.251 e. The Morgan fingerprint density at radius 3 is 2.59 bits per heavy atom. The summed E-state index contributed by atoms with van der Waals surface area (Å²) in [5.74, 6) is 0.748. The molecule has 1 aliphatic heterocycles. The minimum atomic E-state index is -0.0762. The molecule has 136 valence electrons. The Labute approximate surface area is 163 Å². The summed E-state index contributed by atoms with van der Waals surface area (Å²) in [5.41, 5.74) is 4.80. The van der Waals surface area contributed by atoms with Crippen LogP contribution in [0.25, 0.3) is 16.5 Å². The van der Waals surface area contributed by atoms with E-state index in [-0.39, 0.29) is 5.91 Å². The Balaban J connectivity index is 1.62. The average molecular weight is 375 g/mol. The molecule has 2 aromatic carbocycles. The number of carbonyl (C=O) groups excluding carboxylic acids is 1. The molecule has 0 atom stereocenters. The second-order valence-corrected chi connectivity index (χ2v) is 8.04. The number of aryl methyl sites for hydroxylation is 2. The molecule has 1 aliphatic rings. The molecular formula is C23H21NO2S. The monoisotopic (exact) mass is 375 g/mol. The molecule has 0 saturated carbocycles. The number of benzene rings is 2. The van der Waals surface area contributed by atoms with E-state index in [9.17, 15) is 4.79 Å². The van der Waals surface area contributed by atoms with Gasteiger partial charge in [0.25, 0.3) is 5.91 Å². The molecule has 4 heteroatoms. The van der Waals surface area contributed by atoms with Crippen molar-refractivity contribution in [1.82, 2.24) is 0 Å². The largest absolute Gasteiger partial charge is 0.493 e. The van der Waals surface area contributed by atoms with Crippen LogP contribution in [0.2, 0.25) is 0 Å². The number of amides is 1. The van der Waals surface area contributed by atoms with Crippen molar-refractivity contribution >= 4 is 29.0 Å². The normalized spacial score (nSPS) is 13.2. The van der Waals surface area contributed by atoms with E-state index in [4.69, 9.17) is 4.74 Å². The van der Waals surface area contributed by atoms with Gasteiger partial charge in [0, 0.05) is 33.0 Å². The van der Waals surface area contributed by atoms with Crippen LogP contribution in [0.1, 0.15) is 22.4 Å². The van der Waals surface area contributed by atoms with Crippen molar-refractivity contribution < 1.29 is 9.53 Å². The predicted molar refractivity (Wildman–Crippen MR) is 112 cm³/mol. The summed E-state index contributed by atoms with van der Waals surface area (Å²) in [4.78, 5) is 15.2. The molecule has 0 spiro atoms. The number of fused-ring (bicyclic) bond motifs is 1. The quantitative estimate of drug-likeness (QED) is 0.625.